The highest BCUT2D eigenvalue weighted by Crippen LogP contribution is 2.17. The summed E-state index contributed by atoms with van der Waals surface area (Å²) in [5, 5.41) is 2.49. The first-order chi connectivity index (χ1) is 8.58. The van der Waals surface area contributed by atoms with E-state index in [0.29, 0.717) is 5.16 Å². The summed E-state index contributed by atoms with van der Waals surface area (Å²) in [7, 11) is 0. The molecule has 2 heterocycles. The summed E-state index contributed by atoms with van der Waals surface area (Å²) in [4.78, 5) is 9.22. The van der Waals surface area contributed by atoms with Crippen LogP contribution in [0.15, 0.2) is 33.0 Å². The molecule has 0 atom stereocenters. The number of hydrogen-bond acceptors (Lipinski definition) is 4. The van der Waals surface area contributed by atoms with E-state index < -0.39 is 0 Å². The van der Waals surface area contributed by atoms with E-state index in [2.05, 4.69) is 28.4 Å². The van der Waals surface area contributed by atoms with Crippen molar-refractivity contribution in [1.82, 2.24) is 10.4 Å². The number of nitrogens with one attached hydrogen (secondary N) is 1. The summed E-state index contributed by atoms with van der Waals surface area (Å²) < 4.78 is 0. The van der Waals surface area contributed by atoms with Crippen LogP contribution in [0.4, 0.5) is 0 Å². The SMILES string of the molecule is C/C1=C\CCCN=C2C(=NC(C)C)C=C(Cl)NN21. The van der Waals surface area contributed by atoms with E-state index in [1.54, 1.807) is 0 Å². The second kappa shape index (κ2) is 5.57. The molecule has 2 aliphatic rings. The third-order valence-electron chi connectivity index (χ3n) is 2.74. The Kier molecular flexibility index (Phi) is 4.07. The van der Waals surface area contributed by atoms with Gasteiger partial charge in [0.2, 0.25) is 0 Å². The number of amidine groups is 1. The fraction of sp³-hybridized carbons (Fsp3) is 0.538. The van der Waals surface area contributed by atoms with Crippen molar-refractivity contribution in [3.63, 3.8) is 0 Å². The zero-order chi connectivity index (χ0) is 13.1. The fourth-order valence-electron chi connectivity index (χ4n) is 1.95. The first-order valence-electron chi connectivity index (χ1n) is 6.31. The molecule has 2 rings (SSSR count). The van der Waals surface area contributed by atoms with E-state index in [0.717, 1.165) is 36.6 Å². The van der Waals surface area contributed by atoms with Gasteiger partial charge in [-0.1, -0.05) is 17.7 Å². The van der Waals surface area contributed by atoms with Crippen LogP contribution in [0, 0.1) is 0 Å². The van der Waals surface area contributed by atoms with E-state index in [9.17, 15) is 0 Å². The molecule has 0 spiro atoms. The molecule has 98 valence electrons. The van der Waals surface area contributed by atoms with Crippen molar-refractivity contribution in [2.24, 2.45) is 9.98 Å². The Bertz CT molecular complexity index is 446. The zero-order valence-electron chi connectivity index (χ0n) is 11.1. The molecule has 0 aromatic heterocycles. The highest BCUT2D eigenvalue weighted by Gasteiger charge is 2.24. The lowest BCUT2D eigenvalue weighted by Crippen LogP contribution is -2.47. The summed E-state index contributed by atoms with van der Waals surface area (Å²) >= 11 is 6.12. The van der Waals surface area contributed by atoms with Gasteiger partial charge in [-0.3, -0.25) is 15.4 Å². The molecule has 0 aliphatic carbocycles. The van der Waals surface area contributed by atoms with Crippen LogP contribution >= 0.6 is 11.6 Å². The minimum Gasteiger partial charge on any atom is -0.282 e. The van der Waals surface area contributed by atoms with Gasteiger partial charge in [0.05, 0.1) is 0 Å². The van der Waals surface area contributed by atoms with Gasteiger partial charge >= 0.3 is 0 Å². The summed E-state index contributed by atoms with van der Waals surface area (Å²) in [6.07, 6.45) is 6.15. The van der Waals surface area contributed by atoms with Crippen molar-refractivity contribution in [2.75, 3.05) is 6.54 Å². The monoisotopic (exact) mass is 266 g/mol. The first kappa shape index (κ1) is 13.1. The number of aliphatic imine (C=N–C) groups is 2. The average Bonchev–Trinajstić information content (AvgIpc) is 2.27. The third-order valence-corrected chi connectivity index (χ3v) is 2.93. The molecule has 0 aromatic carbocycles. The highest BCUT2D eigenvalue weighted by molar-refractivity contribution is 6.49. The van der Waals surface area contributed by atoms with Crippen molar-refractivity contribution in [1.29, 1.82) is 0 Å². The number of nitrogens with zero attached hydrogens (tertiary/aromatic N) is 3. The molecule has 0 fully saturated rings. The first-order valence-corrected chi connectivity index (χ1v) is 6.69. The van der Waals surface area contributed by atoms with Crippen molar-refractivity contribution in [3.8, 4) is 0 Å². The summed E-state index contributed by atoms with van der Waals surface area (Å²) in [5.41, 5.74) is 5.08. The largest absolute Gasteiger partial charge is 0.282 e. The van der Waals surface area contributed by atoms with E-state index in [4.69, 9.17) is 11.6 Å². The third kappa shape index (κ3) is 2.93. The number of allylic oxidation sites excluding steroid dienone is 2. The predicted octanol–water partition coefficient (Wildman–Crippen LogP) is 2.83. The van der Waals surface area contributed by atoms with E-state index in [1.807, 2.05) is 24.9 Å². The quantitative estimate of drug-likeness (QED) is 0.742. The number of rotatable bonds is 1. The fourth-order valence-corrected chi connectivity index (χ4v) is 2.14. The molecular weight excluding hydrogens is 248 g/mol. The van der Waals surface area contributed by atoms with Gasteiger partial charge in [0.1, 0.15) is 10.9 Å². The van der Waals surface area contributed by atoms with Crippen molar-refractivity contribution in [3.05, 3.63) is 23.0 Å². The Labute approximate surface area is 113 Å². The van der Waals surface area contributed by atoms with E-state index in [1.165, 1.54) is 0 Å². The number of halogens is 1. The van der Waals surface area contributed by atoms with Gasteiger partial charge < -0.3 is 0 Å². The molecule has 0 saturated heterocycles. The molecule has 0 radical (unpaired) electrons. The van der Waals surface area contributed by atoms with Crippen LogP contribution in [0.1, 0.15) is 33.6 Å². The summed E-state index contributed by atoms with van der Waals surface area (Å²) in [6, 6.07) is 0.220. The van der Waals surface area contributed by atoms with Gasteiger partial charge in [-0.15, -0.1) is 0 Å². The van der Waals surface area contributed by atoms with Gasteiger partial charge in [-0.2, -0.15) is 0 Å². The molecule has 1 N–H and O–H groups in total. The number of hydrazine groups is 1. The smallest absolute Gasteiger partial charge is 0.172 e. The van der Waals surface area contributed by atoms with Crippen molar-refractivity contribution in [2.45, 2.75) is 39.7 Å². The highest BCUT2D eigenvalue weighted by atomic mass is 35.5. The maximum Gasteiger partial charge on any atom is 0.172 e. The molecule has 0 amide bonds. The van der Waals surface area contributed by atoms with Gasteiger partial charge in [-0.05, 0) is 33.6 Å². The lowest BCUT2D eigenvalue weighted by Gasteiger charge is -2.32. The Morgan fingerprint density at radius 1 is 1.50 bits per heavy atom. The molecule has 2 aliphatic heterocycles. The Morgan fingerprint density at radius 2 is 2.28 bits per heavy atom. The molecule has 0 aromatic rings. The van der Waals surface area contributed by atoms with Crippen molar-refractivity contribution >= 4 is 23.1 Å². The predicted molar refractivity (Wildman–Crippen MR) is 76.8 cm³/mol. The lowest BCUT2D eigenvalue weighted by molar-refractivity contribution is 0.430. The molecule has 0 bridgehead atoms. The molecule has 0 unspecified atom stereocenters. The van der Waals surface area contributed by atoms with E-state index >= 15 is 0 Å². The molecular formula is C13H19ClN4. The minimum absolute atomic E-state index is 0.220. The van der Waals surface area contributed by atoms with Crippen LogP contribution in [0.25, 0.3) is 0 Å². The van der Waals surface area contributed by atoms with Crippen molar-refractivity contribution < 1.29 is 0 Å². The van der Waals surface area contributed by atoms with Gasteiger partial charge in [0.25, 0.3) is 0 Å². The van der Waals surface area contributed by atoms with Gasteiger partial charge in [-0.25, -0.2) is 5.01 Å². The van der Waals surface area contributed by atoms with Crippen LogP contribution in [0.2, 0.25) is 0 Å². The van der Waals surface area contributed by atoms with Gasteiger partial charge in [0, 0.05) is 24.4 Å². The summed E-state index contributed by atoms with van der Waals surface area (Å²) in [5.74, 6) is 0.863. The van der Waals surface area contributed by atoms with Crippen LogP contribution < -0.4 is 5.43 Å². The summed E-state index contributed by atoms with van der Waals surface area (Å²) in [6.45, 7) is 6.97. The normalized spacial score (nSPS) is 25.5. The average molecular weight is 267 g/mol. The van der Waals surface area contributed by atoms with Gasteiger partial charge in [0.15, 0.2) is 5.84 Å². The standard InChI is InChI=1S/C13H19ClN4/c1-9(2)16-11-8-12(14)17-18-10(3)6-4-5-7-15-13(11)18/h6,8-9,17H,4-5,7H2,1-3H3/b10-6+,15-13?,16-11?. The minimum atomic E-state index is 0.220. The zero-order valence-corrected chi connectivity index (χ0v) is 11.8. The Balaban J connectivity index is 2.43. The van der Waals surface area contributed by atoms with Crippen LogP contribution in [0.3, 0.4) is 0 Å². The Morgan fingerprint density at radius 3 is 3.00 bits per heavy atom. The molecule has 4 nitrogen and oxygen atoms in total. The number of hydrogen-bond donors (Lipinski definition) is 1. The number of fused-ring (bicyclic) bond motifs is 1. The van der Waals surface area contributed by atoms with Crippen LogP contribution in [-0.2, 0) is 0 Å². The molecule has 5 heteroatoms. The molecule has 18 heavy (non-hydrogen) atoms. The maximum absolute atomic E-state index is 6.12. The van der Waals surface area contributed by atoms with Crippen LogP contribution in [-0.4, -0.2) is 29.1 Å². The molecule has 0 saturated carbocycles. The van der Waals surface area contributed by atoms with Crippen LogP contribution in [0.5, 0.6) is 0 Å². The second-order valence-electron chi connectivity index (χ2n) is 4.74. The topological polar surface area (TPSA) is 40.0 Å². The maximum atomic E-state index is 6.12. The lowest BCUT2D eigenvalue weighted by atomic mass is 10.2. The van der Waals surface area contributed by atoms with E-state index in [-0.39, 0.29) is 6.04 Å². The Hall–Kier alpha value is -1.29. The second-order valence-corrected chi connectivity index (χ2v) is 5.15.